The first-order chi connectivity index (χ1) is 14.2. The molecular formula is C23H29F2LiN5-. The predicted octanol–water partition coefficient (Wildman–Crippen LogP) is 2.84. The fourth-order valence-electron chi connectivity index (χ4n) is 3.24. The van der Waals surface area contributed by atoms with Crippen LogP contribution in [0.25, 0.3) is 0 Å². The van der Waals surface area contributed by atoms with E-state index >= 15 is 0 Å². The quantitative estimate of drug-likeness (QED) is 0.308. The van der Waals surface area contributed by atoms with E-state index in [1.54, 1.807) is 11.1 Å². The number of benzene rings is 1. The van der Waals surface area contributed by atoms with Gasteiger partial charge in [0.05, 0.1) is 11.2 Å². The van der Waals surface area contributed by atoms with Gasteiger partial charge in [0, 0.05) is 17.9 Å². The van der Waals surface area contributed by atoms with Crippen molar-refractivity contribution in [1.82, 2.24) is 4.98 Å². The third-order valence-electron chi connectivity index (χ3n) is 4.96. The van der Waals surface area contributed by atoms with Crippen molar-refractivity contribution in [1.29, 1.82) is 10.8 Å². The molecule has 0 amide bonds. The molecule has 31 heavy (non-hydrogen) atoms. The molecule has 2 aromatic rings. The van der Waals surface area contributed by atoms with Crippen molar-refractivity contribution in [2.24, 2.45) is 5.92 Å². The number of fused-ring (bicyclic) bond motifs is 1. The van der Waals surface area contributed by atoms with Gasteiger partial charge in [-0.05, 0) is 24.6 Å². The molecule has 3 rings (SSSR count). The summed E-state index contributed by atoms with van der Waals surface area (Å²) in [5.41, 5.74) is 0.568. The number of hydrogen-bond acceptors (Lipinski definition) is 4. The molecule has 1 unspecified atom stereocenters. The summed E-state index contributed by atoms with van der Waals surface area (Å²) in [6.07, 6.45) is 4.02. The summed E-state index contributed by atoms with van der Waals surface area (Å²) in [5.74, 6) is 0.276. The molecule has 1 aliphatic heterocycles. The van der Waals surface area contributed by atoms with Crippen LogP contribution in [0.1, 0.15) is 45.6 Å². The van der Waals surface area contributed by atoms with Gasteiger partial charge in [-0.3, -0.25) is 20.1 Å². The monoisotopic (exact) mass is 420 g/mol. The topological polar surface area (TPSA) is 75.9 Å². The van der Waals surface area contributed by atoms with Crippen LogP contribution in [0.2, 0.25) is 0 Å². The third kappa shape index (κ3) is 5.87. The van der Waals surface area contributed by atoms with Crippen molar-refractivity contribution < 1.29 is 27.6 Å². The molecular weight excluding hydrogens is 391 g/mol. The summed E-state index contributed by atoms with van der Waals surface area (Å²) >= 11 is 0. The Balaban J connectivity index is 0.000000404. The molecule has 0 saturated carbocycles. The molecule has 1 aromatic carbocycles. The van der Waals surface area contributed by atoms with Crippen LogP contribution in [0.15, 0.2) is 36.5 Å². The second kappa shape index (κ2) is 11.3. The van der Waals surface area contributed by atoms with Gasteiger partial charge >= 0.3 is 18.9 Å². The SMILES string of the molecule is [CH2-]CC1(CCC)Nc2cccnc2N(C(=N)C(C)C)C1=N.[CH2-]c1ccc(F)cc1F.[Li+]. The zero-order chi connectivity index (χ0) is 22.5. The van der Waals surface area contributed by atoms with Crippen LogP contribution in [0.3, 0.4) is 0 Å². The Labute approximate surface area is 195 Å². The second-order valence-corrected chi connectivity index (χ2v) is 7.54. The number of rotatable bonds is 4. The third-order valence-corrected chi connectivity index (χ3v) is 4.96. The van der Waals surface area contributed by atoms with Crippen molar-refractivity contribution in [3.8, 4) is 0 Å². The fourth-order valence-corrected chi connectivity index (χ4v) is 3.24. The first-order valence-electron chi connectivity index (χ1n) is 9.94. The van der Waals surface area contributed by atoms with Crippen molar-refractivity contribution in [2.75, 3.05) is 10.2 Å². The van der Waals surface area contributed by atoms with Crippen molar-refractivity contribution in [3.63, 3.8) is 0 Å². The summed E-state index contributed by atoms with van der Waals surface area (Å²) in [6, 6.07) is 7.10. The zero-order valence-corrected chi connectivity index (χ0v) is 18.7. The van der Waals surface area contributed by atoms with Crippen LogP contribution in [0.4, 0.5) is 20.3 Å². The molecule has 1 atom stereocenters. The van der Waals surface area contributed by atoms with Gasteiger partial charge in [-0.25, -0.2) is 9.37 Å². The second-order valence-electron chi connectivity index (χ2n) is 7.54. The summed E-state index contributed by atoms with van der Waals surface area (Å²) in [4.78, 5) is 6.05. The Hall–Kier alpha value is -2.36. The van der Waals surface area contributed by atoms with Crippen LogP contribution in [0, 0.1) is 42.2 Å². The molecule has 3 N–H and O–H groups in total. The maximum Gasteiger partial charge on any atom is 1.00 e. The minimum Gasteiger partial charge on any atom is -0.372 e. The Morgan fingerprint density at radius 1 is 1.29 bits per heavy atom. The van der Waals surface area contributed by atoms with E-state index in [0.29, 0.717) is 23.9 Å². The van der Waals surface area contributed by atoms with E-state index in [1.165, 1.54) is 12.1 Å². The summed E-state index contributed by atoms with van der Waals surface area (Å²) in [6.45, 7) is 13.4. The Kier molecular flexibility index (Phi) is 9.73. The first-order valence-corrected chi connectivity index (χ1v) is 9.94. The molecule has 162 valence electrons. The molecule has 0 spiro atoms. The molecule has 8 heteroatoms. The van der Waals surface area contributed by atoms with Crippen LogP contribution < -0.4 is 29.1 Å². The molecule has 1 aromatic heterocycles. The molecule has 0 aliphatic carbocycles. The molecule has 0 radical (unpaired) electrons. The van der Waals surface area contributed by atoms with E-state index in [2.05, 4.69) is 31.1 Å². The number of nitrogens with zero attached hydrogens (tertiary/aromatic N) is 2. The van der Waals surface area contributed by atoms with Crippen LogP contribution in [-0.4, -0.2) is 22.2 Å². The molecule has 1 aliphatic rings. The number of hydrogen-bond donors (Lipinski definition) is 3. The van der Waals surface area contributed by atoms with Crippen LogP contribution in [-0.2, 0) is 0 Å². The molecule has 0 fully saturated rings. The molecule has 2 heterocycles. The Morgan fingerprint density at radius 2 is 1.97 bits per heavy atom. The summed E-state index contributed by atoms with van der Waals surface area (Å²) in [5, 5.41) is 20.5. The number of anilines is 2. The van der Waals surface area contributed by atoms with Gasteiger partial charge in [0.2, 0.25) is 0 Å². The van der Waals surface area contributed by atoms with E-state index in [9.17, 15) is 8.78 Å². The van der Waals surface area contributed by atoms with E-state index in [0.717, 1.165) is 24.6 Å². The molecule has 0 saturated heterocycles. The van der Waals surface area contributed by atoms with Crippen molar-refractivity contribution in [3.05, 3.63) is 67.6 Å². The fraction of sp³-hybridized carbons (Fsp3) is 0.348. The summed E-state index contributed by atoms with van der Waals surface area (Å²) in [7, 11) is 0. The maximum absolute atomic E-state index is 12.3. The normalized spacial score (nSPS) is 17.1. The Bertz CT molecular complexity index is 919. The van der Waals surface area contributed by atoms with E-state index in [-0.39, 0.29) is 30.3 Å². The molecule has 0 bridgehead atoms. The smallest absolute Gasteiger partial charge is 0.372 e. The van der Waals surface area contributed by atoms with Gasteiger partial charge in [0.25, 0.3) is 0 Å². The molecule has 5 nitrogen and oxygen atoms in total. The standard InChI is InChI=1S/C16H24N5.C7H5F2.Li/c1-5-9-16(6-2)15(18)21(13(17)11(3)4)14-12(20-16)8-7-10-19-14;1-5-2-3-6(8)4-7(5)9;/h7-8,10-11,17-18,20H,2,5-6,9H2,1,3-4H3;2-4H,1H2;/q2*-1;+1. The average molecular weight is 420 g/mol. The number of pyridine rings is 1. The van der Waals surface area contributed by atoms with Crippen molar-refractivity contribution in [2.45, 2.75) is 45.6 Å². The van der Waals surface area contributed by atoms with E-state index in [4.69, 9.17) is 10.8 Å². The largest absolute Gasteiger partial charge is 1.00 e. The van der Waals surface area contributed by atoms with Gasteiger partial charge in [0.1, 0.15) is 17.5 Å². The van der Waals surface area contributed by atoms with Gasteiger partial charge < -0.3 is 12.2 Å². The van der Waals surface area contributed by atoms with Gasteiger partial charge in [-0.1, -0.05) is 33.3 Å². The number of aromatic nitrogens is 1. The Morgan fingerprint density at radius 3 is 2.48 bits per heavy atom. The van der Waals surface area contributed by atoms with E-state index in [1.807, 2.05) is 26.0 Å². The van der Waals surface area contributed by atoms with E-state index < -0.39 is 17.2 Å². The maximum atomic E-state index is 12.3. The first kappa shape index (κ1) is 26.7. The zero-order valence-electron chi connectivity index (χ0n) is 18.7. The van der Waals surface area contributed by atoms with Gasteiger partial charge in [-0.2, -0.15) is 25.0 Å². The number of halogens is 2. The summed E-state index contributed by atoms with van der Waals surface area (Å²) < 4.78 is 24.4. The van der Waals surface area contributed by atoms with Gasteiger partial charge in [0.15, 0.2) is 5.82 Å². The number of amidine groups is 2. The number of nitrogens with one attached hydrogen (secondary N) is 3. The van der Waals surface area contributed by atoms with Crippen LogP contribution in [0.5, 0.6) is 0 Å². The van der Waals surface area contributed by atoms with Gasteiger partial charge in [-0.15, -0.1) is 0 Å². The minimum absolute atomic E-state index is 0. The minimum atomic E-state index is -0.602. The average Bonchev–Trinajstić information content (AvgIpc) is 2.71. The predicted molar refractivity (Wildman–Crippen MR) is 119 cm³/mol. The van der Waals surface area contributed by atoms with Crippen LogP contribution >= 0.6 is 0 Å². The van der Waals surface area contributed by atoms with Crippen molar-refractivity contribution >= 4 is 23.2 Å².